The van der Waals surface area contributed by atoms with Crippen molar-refractivity contribution in [2.24, 2.45) is 0 Å². The lowest BCUT2D eigenvalue weighted by Crippen LogP contribution is -2.36. The number of nitrogens with one attached hydrogen (secondary N) is 1. The molecule has 1 N–H and O–H groups in total. The molecule has 0 saturated carbocycles. The molecule has 1 fully saturated rings. The maximum absolute atomic E-state index is 5.67. The van der Waals surface area contributed by atoms with Crippen LogP contribution in [0.1, 0.15) is 43.8 Å². The fourth-order valence-corrected chi connectivity index (χ4v) is 3.05. The van der Waals surface area contributed by atoms with Crippen molar-refractivity contribution in [3.8, 4) is 0 Å². The first-order chi connectivity index (χ1) is 8.29. The number of ether oxygens (including phenoxy) is 1. The molecule has 0 bridgehead atoms. The molecular weight excluding hydrogens is 232 g/mol. The zero-order valence-electron chi connectivity index (χ0n) is 10.7. The maximum atomic E-state index is 5.67. The van der Waals surface area contributed by atoms with Gasteiger partial charge in [0, 0.05) is 24.6 Å². The summed E-state index contributed by atoms with van der Waals surface area (Å²) in [6.07, 6.45) is 5.06. The number of aryl methyl sites for hydroxylation is 1. The van der Waals surface area contributed by atoms with Crippen LogP contribution in [0.25, 0.3) is 0 Å². The highest BCUT2D eigenvalue weighted by molar-refractivity contribution is 7.09. The molecule has 1 aliphatic rings. The summed E-state index contributed by atoms with van der Waals surface area (Å²) in [6, 6.07) is 0.425. The molecule has 1 aliphatic heterocycles. The van der Waals surface area contributed by atoms with Crippen LogP contribution in [0.3, 0.4) is 0 Å². The van der Waals surface area contributed by atoms with Gasteiger partial charge in [0.25, 0.3) is 0 Å². The Labute approximate surface area is 108 Å². The summed E-state index contributed by atoms with van der Waals surface area (Å²) in [6.45, 7) is 6.18. The Morgan fingerprint density at radius 3 is 3.24 bits per heavy atom. The predicted molar refractivity (Wildman–Crippen MR) is 71.4 cm³/mol. The number of hydrogen-bond acceptors (Lipinski definition) is 4. The molecule has 96 valence electrons. The third kappa shape index (κ3) is 3.76. The monoisotopic (exact) mass is 254 g/mol. The molecule has 1 saturated heterocycles. The minimum atomic E-state index is 0.392. The largest absolute Gasteiger partial charge is 0.377 e. The van der Waals surface area contributed by atoms with E-state index < -0.39 is 0 Å². The highest BCUT2D eigenvalue weighted by Gasteiger charge is 2.21. The van der Waals surface area contributed by atoms with Crippen molar-refractivity contribution in [3.05, 3.63) is 16.1 Å². The van der Waals surface area contributed by atoms with Crippen LogP contribution in [-0.4, -0.2) is 23.7 Å². The third-order valence-corrected chi connectivity index (χ3v) is 4.15. The molecule has 0 amide bonds. The molecule has 0 unspecified atom stereocenters. The Morgan fingerprint density at radius 1 is 1.65 bits per heavy atom. The lowest BCUT2D eigenvalue weighted by Gasteiger charge is -2.19. The van der Waals surface area contributed by atoms with E-state index in [-0.39, 0.29) is 0 Å². The molecule has 0 aromatic carbocycles. The van der Waals surface area contributed by atoms with Crippen LogP contribution in [0.5, 0.6) is 0 Å². The Morgan fingerprint density at radius 2 is 2.53 bits per heavy atom. The van der Waals surface area contributed by atoms with Gasteiger partial charge in [-0.15, -0.1) is 11.3 Å². The second-order valence-corrected chi connectivity index (χ2v) is 5.65. The average Bonchev–Trinajstić information content (AvgIpc) is 2.97. The Bertz CT molecular complexity index is 334. The molecular formula is C13H22N2OS. The second kappa shape index (κ2) is 6.47. The van der Waals surface area contributed by atoms with Crippen LogP contribution in [0.15, 0.2) is 5.38 Å². The summed E-state index contributed by atoms with van der Waals surface area (Å²) in [7, 11) is 0. The molecule has 3 nitrogen and oxygen atoms in total. The van der Waals surface area contributed by atoms with Crippen molar-refractivity contribution in [2.45, 2.75) is 58.2 Å². The topological polar surface area (TPSA) is 34.2 Å². The van der Waals surface area contributed by atoms with E-state index >= 15 is 0 Å². The van der Waals surface area contributed by atoms with Crippen molar-refractivity contribution < 1.29 is 4.74 Å². The molecule has 2 rings (SSSR count). The fraction of sp³-hybridized carbons (Fsp3) is 0.769. The summed E-state index contributed by atoms with van der Waals surface area (Å²) in [5, 5.41) is 6.94. The first-order valence-electron chi connectivity index (χ1n) is 6.58. The van der Waals surface area contributed by atoms with Gasteiger partial charge in [-0.05, 0) is 32.6 Å². The Balaban J connectivity index is 1.76. The lowest BCUT2D eigenvalue weighted by molar-refractivity contribution is 0.0831. The summed E-state index contributed by atoms with van der Waals surface area (Å²) < 4.78 is 5.67. The smallest absolute Gasteiger partial charge is 0.0928 e. The molecule has 1 aromatic heterocycles. The summed E-state index contributed by atoms with van der Waals surface area (Å²) in [4.78, 5) is 4.61. The van der Waals surface area contributed by atoms with E-state index in [1.807, 2.05) is 0 Å². The van der Waals surface area contributed by atoms with Gasteiger partial charge in [-0.25, -0.2) is 4.98 Å². The summed E-state index contributed by atoms with van der Waals surface area (Å²) in [5.41, 5.74) is 1.17. The number of aromatic nitrogens is 1. The lowest BCUT2D eigenvalue weighted by atomic mass is 10.1. The standard InChI is InChI=1S/C13H22N2OS/c1-3-5-13-15-11(9-17-13)8-14-10(2)12-6-4-7-16-12/h9-10,12,14H,3-8H2,1-2H3/t10-,12-/m1/s1. The Kier molecular flexibility index (Phi) is 4.95. The van der Waals surface area contributed by atoms with E-state index in [2.05, 4.69) is 29.5 Å². The van der Waals surface area contributed by atoms with E-state index in [4.69, 9.17) is 4.74 Å². The molecule has 1 aromatic rings. The zero-order chi connectivity index (χ0) is 12.1. The highest BCUT2D eigenvalue weighted by atomic mass is 32.1. The third-order valence-electron chi connectivity index (χ3n) is 3.19. The van der Waals surface area contributed by atoms with Gasteiger partial charge >= 0.3 is 0 Å². The van der Waals surface area contributed by atoms with Gasteiger partial charge in [-0.2, -0.15) is 0 Å². The van der Waals surface area contributed by atoms with Gasteiger partial charge in [-0.1, -0.05) is 6.92 Å². The van der Waals surface area contributed by atoms with E-state index in [1.54, 1.807) is 11.3 Å². The van der Waals surface area contributed by atoms with E-state index in [0.29, 0.717) is 12.1 Å². The fourth-order valence-electron chi connectivity index (χ4n) is 2.15. The van der Waals surface area contributed by atoms with Crippen LogP contribution in [-0.2, 0) is 17.7 Å². The van der Waals surface area contributed by atoms with E-state index in [0.717, 1.165) is 19.6 Å². The molecule has 0 spiro atoms. The van der Waals surface area contributed by atoms with Crippen molar-refractivity contribution in [1.29, 1.82) is 0 Å². The predicted octanol–water partition coefficient (Wildman–Crippen LogP) is 2.75. The maximum Gasteiger partial charge on any atom is 0.0928 e. The molecule has 2 atom stereocenters. The molecule has 17 heavy (non-hydrogen) atoms. The van der Waals surface area contributed by atoms with Crippen molar-refractivity contribution >= 4 is 11.3 Å². The summed E-state index contributed by atoms with van der Waals surface area (Å²) >= 11 is 1.78. The summed E-state index contributed by atoms with van der Waals surface area (Å²) in [5.74, 6) is 0. The molecule has 0 radical (unpaired) electrons. The van der Waals surface area contributed by atoms with E-state index in [9.17, 15) is 0 Å². The number of rotatable bonds is 6. The van der Waals surface area contributed by atoms with E-state index in [1.165, 1.54) is 30.0 Å². The van der Waals surface area contributed by atoms with Crippen LogP contribution in [0, 0.1) is 0 Å². The van der Waals surface area contributed by atoms with Crippen molar-refractivity contribution in [2.75, 3.05) is 6.61 Å². The Hall–Kier alpha value is -0.450. The van der Waals surface area contributed by atoms with Gasteiger partial charge in [-0.3, -0.25) is 0 Å². The van der Waals surface area contributed by atoms with Crippen LogP contribution in [0.4, 0.5) is 0 Å². The molecule has 4 heteroatoms. The van der Waals surface area contributed by atoms with Gasteiger partial charge < -0.3 is 10.1 Å². The van der Waals surface area contributed by atoms with Crippen molar-refractivity contribution in [1.82, 2.24) is 10.3 Å². The number of hydrogen-bond donors (Lipinski definition) is 1. The van der Waals surface area contributed by atoms with Gasteiger partial charge in [0.05, 0.1) is 16.8 Å². The SMILES string of the molecule is CCCc1nc(CN[C@H](C)[C@H]2CCCO2)cs1. The first kappa shape index (κ1) is 13.0. The molecule has 2 heterocycles. The quantitative estimate of drug-likeness (QED) is 0.847. The minimum Gasteiger partial charge on any atom is -0.377 e. The minimum absolute atomic E-state index is 0.392. The van der Waals surface area contributed by atoms with Gasteiger partial charge in [0.15, 0.2) is 0 Å². The number of nitrogens with zero attached hydrogens (tertiary/aromatic N) is 1. The van der Waals surface area contributed by atoms with Gasteiger partial charge in [0.1, 0.15) is 0 Å². The van der Waals surface area contributed by atoms with Crippen molar-refractivity contribution in [3.63, 3.8) is 0 Å². The zero-order valence-corrected chi connectivity index (χ0v) is 11.6. The number of thiazole rings is 1. The normalized spacial score (nSPS) is 21.9. The highest BCUT2D eigenvalue weighted by Crippen LogP contribution is 2.16. The van der Waals surface area contributed by atoms with Crippen LogP contribution < -0.4 is 5.32 Å². The second-order valence-electron chi connectivity index (χ2n) is 4.70. The first-order valence-corrected chi connectivity index (χ1v) is 7.46. The van der Waals surface area contributed by atoms with Gasteiger partial charge in [0.2, 0.25) is 0 Å². The molecule has 0 aliphatic carbocycles. The average molecular weight is 254 g/mol. The van der Waals surface area contributed by atoms with Crippen LogP contribution >= 0.6 is 11.3 Å². The van der Waals surface area contributed by atoms with Crippen LogP contribution in [0.2, 0.25) is 0 Å².